The second kappa shape index (κ2) is 5.15. The van der Waals surface area contributed by atoms with Gasteiger partial charge in [-0.05, 0) is 12.1 Å². The highest BCUT2D eigenvalue weighted by atomic mass is 35.5. The van der Waals surface area contributed by atoms with Crippen LogP contribution >= 0.6 is 34.5 Å². The quantitative estimate of drug-likeness (QED) is 0.615. The van der Waals surface area contributed by atoms with Crippen LogP contribution in [-0.2, 0) is 12.1 Å². The van der Waals surface area contributed by atoms with Crippen LogP contribution in [0.15, 0.2) is 24.3 Å². The fraction of sp³-hybridized carbons (Fsp3) is 0.167. The van der Waals surface area contributed by atoms with Crippen LogP contribution in [0.4, 0.5) is 13.2 Å². The number of rotatable bonds is 2. The Labute approximate surface area is 130 Å². The highest BCUT2D eigenvalue weighted by molar-refractivity contribution is 7.20. The Morgan fingerprint density at radius 1 is 1.24 bits per heavy atom. The van der Waals surface area contributed by atoms with Crippen LogP contribution in [0.3, 0.4) is 0 Å². The highest BCUT2D eigenvalue weighted by Gasteiger charge is 2.39. The zero-order valence-electron chi connectivity index (χ0n) is 10.2. The Hall–Kier alpha value is -1.31. The average molecular weight is 352 g/mol. The predicted molar refractivity (Wildman–Crippen MR) is 76.3 cm³/mol. The molecule has 1 aromatic carbocycles. The van der Waals surface area contributed by atoms with Gasteiger partial charge in [-0.1, -0.05) is 35.1 Å². The number of benzene rings is 1. The lowest BCUT2D eigenvalue weighted by atomic mass is 10.3. The summed E-state index contributed by atoms with van der Waals surface area (Å²) in [5.41, 5.74) is -0.656. The van der Waals surface area contributed by atoms with E-state index in [-0.39, 0.29) is 21.7 Å². The van der Waals surface area contributed by atoms with Crippen LogP contribution in [0.5, 0.6) is 0 Å². The second-order valence-electron chi connectivity index (χ2n) is 4.13. The van der Waals surface area contributed by atoms with Gasteiger partial charge in [0, 0.05) is 5.56 Å². The Morgan fingerprint density at radius 2 is 1.95 bits per heavy atom. The van der Waals surface area contributed by atoms with Gasteiger partial charge in [0.1, 0.15) is 5.15 Å². The largest absolute Gasteiger partial charge is 0.435 e. The predicted octanol–water partition coefficient (Wildman–Crippen LogP) is 4.89. The van der Waals surface area contributed by atoms with E-state index in [0.29, 0.717) is 5.52 Å². The molecule has 0 amide bonds. The molecule has 0 aliphatic carbocycles. The van der Waals surface area contributed by atoms with Crippen molar-refractivity contribution in [3.05, 3.63) is 40.7 Å². The molecular formula is C12H6Cl2F3N3S. The number of nitrogens with zero attached hydrogens (tertiary/aromatic N) is 3. The molecule has 110 valence electrons. The second-order valence-corrected chi connectivity index (χ2v) is 5.76. The van der Waals surface area contributed by atoms with Crippen LogP contribution < -0.4 is 0 Å². The molecule has 0 aliphatic heterocycles. The molecule has 0 radical (unpaired) electrons. The summed E-state index contributed by atoms with van der Waals surface area (Å²) in [5, 5.41) is 3.64. The molecule has 3 aromatic rings. The molecule has 0 aliphatic rings. The topological polar surface area (TPSA) is 30.7 Å². The maximum absolute atomic E-state index is 12.9. The van der Waals surface area contributed by atoms with Crippen molar-refractivity contribution in [1.82, 2.24) is 14.8 Å². The molecular weight excluding hydrogens is 346 g/mol. The Bertz CT molecular complexity index is 777. The zero-order chi connectivity index (χ0) is 15.2. The number of para-hydroxylation sites is 1. The van der Waals surface area contributed by atoms with Gasteiger partial charge in [0.2, 0.25) is 5.13 Å². The van der Waals surface area contributed by atoms with E-state index in [1.807, 2.05) is 12.1 Å². The first-order chi connectivity index (χ1) is 9.91. The molecule has 21 heavy (non-hydrogen) atoms. The van der Waals surface area contributed by atoms with E-state index < -0.39 is 11.9 Å². The van der Waals surface area contributed by atoms with Gasteiger partial charge in [0.25, 0.3) is 0 Å². The van der Waals surface area contributed by atoms with Crippen molar-refractivity contribution in [2.24, 2.45) is 0 Å². The van der Waals surface area contributed by atoms with E-state index in [9.17, 15) is 13.2 Å². The van der Waals surface area contributed by atoms with Crippen LogP contribution in [0, 0.1) is 0 Å². The van der Waals surface area contributed by atoms with Gasteiger partial charge in [-0.2, -0.15) is 23.0 Å². The molecule has 2 heterocycles. The summed E-state index contributed by atoms with van der Waals surface area (Å²) in [6.07, 6.45) is -4.62. The number of aromatic nitrogens is 3. The summed E-state index contributed by atoms with van der Waals surface area (Å²) < 4.78 is 40.6. The summed E-state index contributed by atoms with van der Waals surface area (Å²) in [7, 11) is 0. The van der Waals surface area contributed by atoms with Gasteiger partial charge in [-0.3, -0.25) is 0 Å². The maximum atomic E-state index is 12.9. The van der Waals surface area contributed by atoms with Crippen LogP contribution in [0.2, 0.25) is 5.15 Å². The van der Waals surface area contributed by atoms with Crippen molar-refractivity contribution >= 4 is 44.8 Å². The highest BCUT2D eigenvalue weighted by Crippen LogP contribution is 2.37. The first-order valence-corrected chi connectivity index (χ1v) is 7.41. The van der Waals surface area contributed by atoms with Gasteiger partial charge < -0.3 is 0 Å². The Morgan fingerprint density at radius 3 is 2.52 bits per heavy atom. The number of hydrogen-bond donors (Lipinski definition) is 0. The molecule has 0 N–H and O–H groups in total. The summed E-state index contributed by atoms with van der Waals surface area (Å²) in [4.78, 5) is 4.24. The third kappa shape index (κ3) is 2.49. The third-order valence-corrected chi connectivity index (χ3v) is 4.45. The lowest BCUT2D eigenvalue weighted by Gasteiger charge is -2.02. The molecule has 3 rings (SSSR count). The molecule has 0 unspecified atom stereocenters. The summed E-state index contributed by atoms with van der Waals surface area (Å²) in [6, 6.07) is 7.20. The molecule has 0 atom stereocenters. The van der Waals surface area contributed by atoms with Gasteiger partial charge in [0.15, 0.2) is 5.69 Å². The minimum absolute atomic E-state index is 0.170. The van der Waals surface area contributed by atoms with E-state index in [1.165, 1.54) is 11.3 Å². The van der Waals surface area contributed by atoms with Crippen molar-refractivity contribution in [3.8, 4) is 5.13 Å². The lowest BCUT2D eigenvalue weighted by Crippen LogP contribution is -2.09. The summed E-state index contributed by atoms with van der Waals surface area (Å²) >= 11 is 12.8. The molecule has 0 saturated carbocycles. The first kappa shape index (κ1) is 14.6. The van der Waals surface area contributed by atoms with Crippen LogP contribution in [0.1, 0.15) is 11.3 Å². The van der Waals surface area contributed by atoms with Crippen molar-refractivity contribution < 1.29 is 13.2 Å². The molecule has 9 heteroatoms. The maximum Gasteiger partial charge on any atom is 0.435 e. The van der Waals surface area contributed by atoms with Crippen molar-refractivity contribution in [3.63, 3.8) is 0 Å². The van der Waals surface area contributed by atoms with Gasteiger partial charge in [-0.15, -0.1) is 11.6 Å². The van der Waals surface area contributed by atoms with Gasteiger partial charge in [-0.25, -0.2) is 4.98 Å². The van der Waals surface area contributed by atoms with Crippen molar-refractivity contribution in [2.75, 3.05) is 0 Å². The molecule has 0 bridgehead atoms. The zero-order valence-corrected chi connectivity index (χ0v) is 12.5. The summed E-state index contributed by atoms with van der Waals surface area (Å²) in [5.74, 6) is -0.376. The van der Waals surface area contributed by atoms with E-state index in [4.69, 9.17) is 23.2 Å². The minimum atomic E-state index is -4.62. The monoisotopic (exact) mass is 351 g/mol. The molecule has 3 nitrogen and oxygen atoms in total. The number of halogens is 5. The average Bonchev–Trinajstić information content (AvgIpc) is 2.98. The van der Waals surface area contributed by atoms with Crippen LogP contribution in [0.25, 0.3) is 15.3 Å². The normalized spacial score (nSPS) is 12.2. The number of thiazole rings is 1. The summed E-state index contributed by atoms with van der Waals surface area (Å²) in [6.45, 7) is 0. The molecule has 2 aromatic heterocycles. The van der Waals surface area contributed by atoms with Crippen molar-refractivity contribution in [1.29, 1.82) is 0 Å². The number of alkyl halides is 4. The third-order valence-electron chi connectivity index (χ3n) is 2.79. The SMILES string of the molecule is FC(F)(F)c1nn(-c2nc3ccccc3s2)c(Cl)c1CCl. The van der Waals surface area contributed by atoms with Gasteiger partial charge in [0.05, 0.1) is 16.1 Å². The number of hydrogen-bond acceptors (Lipinski definition) is 3. The Balaban J connectivity index is 2.20. The van der Waals surface area contributed by atoms with E-state index in [0.717, 1.165) is 9.38 Å². The Kier molecular flexibility index (Phi) is 3.59. The van der Waals surface area contributed by atoms with E-state index in [2.05, 4.69) is 10.1 Å². The smallest absolute Gasteiger partial charge is 0.218 e. The fourth-order valence-electron chi connectivity index (χ4n) is 1.85. The fourth-order valence-corrected chi connectivity index (χ4v) is 3.42. The first-order valence-electron chi connectivity index (χ1n) is 5.68. The molecule has 0 spiro atoms. The van der Waals surface area contributed by atoms with Gasteiger partial charge >= 0.3 is 6.18 Å². The van der Waals surface area contributed by atoms with Crippen molar-refractivity contribution in [2.45, 2.75) is 12.1 Å². The molecule has 0 saturated heterocycles. The molecule has 0 fully saturated rings. The number of fused-ring (bicyclic) bond motifs is 1. The van der Waals surface area contributed by atoms with Crippen LogP contribution in [-0.4, -0.2) is 14.8 Å². The van der Waals surface area contributed by atoms with E-state index in [1.54, 1.807) is 12.1 Å². The standard InChI is InChI=1S/C12H6Cl2F3N3S/c13-5-6-9(12(15,16)17)19-20(10(6)14)11-18-7-3-1-2-4-8(7)21-11/h1-4H,5H2. The minimum Gasteiger partial charge on any atom is -0.218 e. The van der Waals surface area contributed by atoms with E-state index >= 15 is 0 Å². The lowest BCUT2D eigenvalue weighted by molar-refractivity contribution is -0.141.